The molecule has 0 radical (unpaired) electrons. The number of rotatable bonds is 1. The molecule has 0 heterocycles. The monoisotopic (exact) mass is 193 g/mol. The van der Waals surface area contributed by atoms with E-state index in [1.807, 2.05) is 18.2 Å². The first kappa shape index (κ1) is 9.66. The first-order valence-corrected chi connectivity index (χ1v) is 5.22. The number of benzene rings is 1. The van der Waals surface area contributed by atoms with Crippen molar-refractivity contribution in [1.82, 2.24) is 0 Å². The lowest BCUT2D eigenvalue weighted by Crippen LogP contribution is -2.36. The molecule has 14 heavy (non-hydrogen) atoms. The second-order valence-electron chi connectivity index (χ2n) is 4.10. The van der Waals surface area contributed by atoms with Crippen LogP contribution in [-0.4, -0.2) is 12.2 Å². The molecule has 76 valence electrons. The van der Waals surface area contributed by atoms with Crippen molar-refractivity contribution in [3.05, 3.63) is 35.9 Å². The fourth-order valence-electron chi connectivity index (χ4n) is 2.17. The van der Waals surface area contributed by atoms with Crippen molar-refractivity contribution in [1.29, 1.82) is 0 Å². The minimum atomic E-state index is -0.825. The molecule has 0 spiro atoms. The fraction of sp³-hybridized carbons (Fsp3) is 0.500. The lowest BCUT2D eigenvalue weighted by atomic mass is 9.81. The predicted molar refractivity (Wildman–Crippen MR) is 55.9 cm³/mol. The third kappa shape index (κ3) is 1.95. The van der Waals surface area contributed by atoms with E-state index in [-0.39, 0.29) is 6.04 Å². The van der Waals surface area contributed by atoms with Gasteiger partial charge in [-0.3, -0.25) is 0 Å². The Bertz CT molecular complexity index is 286. The normalized spacial score (nSPS) is 32.9. The number of hydrogen-bond acceptors (Lipinski definition) is 1. The van der Waals surface area contributed by atoms with E-state index >= 15 is 0 Å². The summed E-state index contributed by atoms with van der Waals surface area (Å²) in [6, 6.07) is 9.93. The molecule has 1 aliphatic carbocycles. The molecule has 2 heteroatoms. The van der Waals surface area contributed by atoms with Crippen molar-refractivity contribution in [3.63, 3.8) is 0 Å². The van der Waals surface area contributed by atoms with Crippen LogP contribution in [0.5, 0.6) is 0 Å². The molecule has 1 aromatic carbocycles. The number of alkyl halides is 1. The summed E-state index contributed by atoms with van der Waals surface area (Å²) in [7, 11) is 0. The Labute approximate surface area is 84.1 Å². The molecule has 2 N–H and O–H groups in total. The number of hydrogen-bond donors (Lipinski definition) is 1. The highest BCUT2D eigenvalue weighted by Gasteiger charge is 2.28. The number of nitrogens with two attached hydrogens (primary N) is 1. The Hall–Kier alpha value is -0.890. The topological polar surface area (TPSA) is 26.0 Å². The summed E-state index contributed by atoms with van der Waals surface area (Å²) in [6.45, 7) is 0. The van der Waals surface area contributed by atoms with Crippen molar-refractivity contribution in [3.8, 4) is 0 Å². The zero-order valence-electron chi connectivity index (χ0n) is 8.20. The summed E-state index contributed by atoms with van der Waals surface area (Å²) in [5, 5.41) is 0. The maximum absolute atomic E-state index is 13.4. The zero-order valence-corrected chi connectivity index (χ0v) is 8.20. The molecule has 1 fully saturated rings. The first-order valence-electron chi connectivity index (χ1n) is 5.22. The van der Waals surface area contributed by atoms with Crippen molar-refractivity contribution in [2.24, 2.45) is 5.73 Å². The van der Waals surface area contributed by atoms with Crippen molar-refractivity contribution >= 4 is 0 Å². The van der Waals surface area contributed by atoms with E-state index in [4.69, 9.17) is 5.73 Å². The average molecular weight is 193 g/mol. The van der Waals surface area contributed by atoms with Gasteiger partial charge in [-0.05, 0) is 30.7 Å². The Kier molecular flexibility index (Phi) is 2.82. The van der Waals surface area contributed by atoms with Gasteiger partial charge in [0.15, 0.2) is 0 Å². The van der Waals surface area contributed by atoms with Gasteiger partial charge < -0.3 is 5.73 Å². The van der Waals surface area contributed by atoms with Gasteiger partial charge in [0, 0.05) is 6.04 Å². The fourth-order valence-corrected chi connectivity index (χ4v) is 2.17. The largest absolute Gasteiger partial charge is 0.325 e. The maximum atomic E-state index is 13.4. The molecule has 1 saturated carbocycles. The van der Waals surface area contributed by atoms with E-state index in [1.165, 1.54) is 5.56 Å². The smallest absolute Gasteiger partial charge is 0.116 e. The summed E-state index contributed by atoms with van der Waals surface area (Å²) >= 11 is 0. The third-order valence-corrected chi connectivity index (χ3v) is 3.09. The highest BCUT2D eigenvalue weighted by atomic mass is 19.1. The molecule has 3 unspecified atom stereocenters. The molecule has 2 rings (SSSR count). The van der Waals surface area contributed by atoms with Gasteiger partial charge in [-0.15, -0.1) is 0 Å². The van der Waals surface area contributed by atoms with Crippen LogP contribution >= 0.6 is 0 Å². The molecular weight excluding hydrogens is 177 g/mol. The van der Waals surface area contributed by atoms with E-state index in [9.17, 15) is 4.39 Å². The quantitative estimate of drug-likeness (QED) is 0.729. The SMILES string of the molecule is NC1CCC(c2ccccc2)CC1F. The number of halogens is 1. The minimum absolute atomic E-state index is 0.241. The average Bonchev–Trinajstić information content (AvgIpc) is 2.23. The van der Waals surface area contributed by atoms with E-state index < -0.39 is 6.17 Å². The van der Waals surface area contributed by atoms with E-state index in [0.717, 1.165) is 12.8 Å². The summed E-state index contributed by atoms with van der Waals surface area (Å²) < 4.78 is 13.4. The van der Waals surface area contributed by atoms with Crippen LogP contribution in [0.4, 0.5) is 4.39 Å². The van der Waals surface area contributed by atoms with Crippen LogP contribution in [0, 0.1) is 0 Å². The minimum Gasteiger partial charge on any atom is -0.325 e. The van der Waals surface area contributed by atoms with Gasteiger partial charge in [-0.1, -0.05) is 30.3 Å². The Morgan fingerprint density at radius 2 is 1.86 bits per heavy atom. The lowest BCUT2D eigenvalue weighted by Gasteiger charge is -2.29. The second-order valence-corrected chi connectivity index (χ2v) is 4.10. The highest BCUT2D eigenvalue weighted by Crippen LogP contribution is 2.33. The van der Waals surface area contributed by atoms with Gasteiger partial charge in [0.1, 0.15) is 6.17 Å². The van der Waals surface area contributed by atoms with E-state index in [2.05, 4.69) is 12.1 Å². The van der Waals surface area contributed by atoms with Gasteiger partial charge in [0.25, 0.3) is 0 Å². The predicted octanol–water partition coefficient (Wildman–Crippen LogP) is 2.62. The van der Waals surface area contributed by atoms with Gasteiger partial charge in [0.05, 0.1) is 0 Å². The van der Waals surface area contributed by atoms with Crippen LogP contribution in [0.3, 0.4) is 0 Å². The Morgan fingerprint density at radius 1 is 1.14 bits per heavy atom. The molecule has 1 nitrogen and oxygen atoms in total. The van der Waals surface area contributed by atoms with Crippen molar-refractivity contribution in [2.45, 2.75) is 37.4 Å². The summed E-state index contributed by atoms with van der Waals surface area (Å²) in [5.41, 5.74) is 6.90. The molecule has 0 saturated heterocycles. The lowest BCUT2D eigenvalue weighted by molar-refractivity contribution is 0.200. The Morgan fingerprint density at radius 3 is 2.50 bits per heavy atom. The molecule has 0 aliphatic heterocycles. The van der Waals surface area contributed by atoms with E-state index in [1.54, 1.807) is 0 Å². The van der Waals surface area contributed by atoms with Gasteiger partial charge in [0.2, 0.25) is 0 Å². The van der Waals surface area contributed by atoms with E-state index in [0.29, 0.717) is 12.3 Å². The molecule has 0 bridgehead atoms. The summed E-state index contributed by atoms with van der Waals surface area (Å²) in [6.07, 6.45) is 1.59. The van der Waals surface area contributed by atoms with Gasteiger partial charge in [-0.2, -0.15) is 0 Å². The van der Waals surface area contributed by atoms with Crippen LogP contribution in [-0.2, 0) is 0 Å². The first-order chi connectivity index (χ1) is 6.77. The van der Waals surface area contributed by atoms with Crippen LogP contribution in [0.1, 0.15) is 30.7 Å². The molecule has 3 atom stereocenters. The van der Waals surface area contributed by atoms with Crippen molar-refractivity contribution in [2.75, 3.05) is 0 Å². The van der Waals surface area contributed by atoms with Crippen LogP contribution in [0.2, 0.25) is 0 Å². The van der Waals surface area contributed by atoms with Crippen LogP contribution < -0.4 is 5.73 Å². The zero-order chi connectivity index (χ0) is 9.97. The van der Waals surface area contributed by atoms with Crippen LogP contribution in [0.15, 0.2) is 30.3 Å². The molecule has 1 aromatic rings. The van der Waals surface area contributed by atoms with Gasteiger partial charge >= 0.3 is 0 Å². The standard InChI is InChI=1S/C12H16FN/c13-11-8-10(6-7-12(11)14)9-4-2-1-3-5-9/h1-5,10-12H,6-8,14H2. The molecule has 1 aliphatic rings. The van der Waals surface area contributed by atoms with Crippen molar-refractivity contribution < 1.29 is 4.39 Å². The van der Waals surface area contributed by atoms with Gasteiger partial charge in [-0.25, -0.2) is 4.39 Å². The molecule has 0 aromatic heterocycles. The second kappa shape index (κ2) is 4.09. The Balaban J connectivity index is 2.07. The summed E-state index contributed by atoms with van der Waals surface area (Å²) in [5.74, 6) is 0.367. The molecular formula is C12H16FN. The maximum Gasteiger partial charge on any atom is 0.116 e. The molecule has 0 amide bonds. The summed E-state index contributed by atoms with van der Waals surface area (Å²) in [4.78, 5) is 0. The van der Waals surface area contributed by atoms with Crippen LogP contribution in [0.25, 0.3) is 0 Å². The highest BCUT2D eigenvalue weighted by molar-refractivity contribution is 5.20. The third-order valence-electron chi connectivity index (χ3n) is 3.09.